The number of methoxy groups -OCH3 is 1. The number of carbonyl (C=O) groups is 3. The lowest BCUT2D eigenvalue weighted by atomic mass is 9.91. The minimum Gasteiger partial charge on any atom is -0.479 e. The molecule has 1 aromatic rings. The number of aliphatic carboxylic acids is 1. The quantitative estimate of drug-likeness (QED) is 0.587. The zero-order valence-corrected chi connectivity index (χ0v) is 12.5. The Kier molecular flexibility index (Phi) is 6.52. The number of alkyl carbamates (subject to hydrolysis) is 1. The number of benzene rings is 1. The van der Waals surface area contributed by atoms with Gasteiger partial charge < -0.3 is 14.6 Å². The molecule has 2 N–H and O–H groups in total. The van der Waals surface area contributed by atoms with Gasteiger partial charge in [0, 0.05) is 13.5 Å². The number of nitrogens with one attached hydrogen (secondary N) is 1. The van der Waals surface area contributed by atoms with Gasteiger partial charge in [-0.25, -0.2) is 9.59 Å². The molecule has 0 saturated carbocycles. The summed E-state index contributed by atoms with van der Waals surface area (Å²) in [4.78, 5) is 34.9. The predicted octanol–water partition coefficient (Wildman–Crippen LogP) is 1.67. The van der Waals surface area contributed by atoms with E-state index in [9.17, 15) is 19.5 Å². The molecule has 1 amide bonds. The van der Waals surface area contributed by atoms with Crippen molar-refractivity contribution in [2.45, 2.75) is 25.3 Å². The highest BCUT2D eigenvalue weighted by atomic mass is 16.6. The third kappa shape index (κ3) is 4.29. The Hall–Kier alpha value is -2.41. The van der Waals surface area contributed by atoms with Gasteiger partial charge in [0.15, 0.2) is 5.54 Å². The van der Waals surface area contributed by atoms with E-state index in [2.05, 4.69) is 10.1 Å². The number of hydrogen-bond donors (Lipinski definition) is 2. The summed E-state index contributed by atoms with van der Waals surface area (Å²) in [5, 5.41) is 11.8. The molecule has 0 spiro atoms. The molecule has 0 aliphatic carbocycles. The van der Waals surface area contributed by atoms with E-state index >= 15 is 0 Å². The van der Waals surface area contributed by atoms with Crippen molar-refractivity contribution in [1.82, 2.24) is 5.32 Å². The predicted molar refractivity (Wildman–Crippen MR) is 77.2 cm³/mol. The van der Waals surface area contributed by atoms with E-state index in [-0.39, 0.29) is 13.0 Å². The number of ether oxygens (including phenoxy) is 2. The lowest BCUT2D eigenvalue weighted by Crippen LogP contribution is -2.55. The van der Waals surface area contributed by atoms with Crippen LogP contribution < -0.4 is 5.32 Å². The molecule has 1 atom stereocenters. The molecule has 1 rings (SSSR count). The lowest BCUT2D eigenvalue weighted by Gasteiger charge is -2.29. The first kappa shape index (κ1) is 17.6. The number of carboxylic acid groups (broad SMARTS) is 1. The Bertz CT molecular complexity index is 530. The molecule has 22 heavy (non-hydrogen) atoms. The number of hydrogen-bond acceptors (Lipinski definition) is 5. The Morgan fingerprint density at radius 3 is 2.36 bits per heavy atom. The summed E-state index contributed by atoms with van der Waals surface area (Å²) in [5.74, 6) is -2.04. The van der Waals surface area contributed by atoms with Gasteiger partial charge in [-0.3, -0.25) is 10.1 Å². The largest absolute Gasteiger partial charge is 0.479 e. The second-order valence-corrected chi connectivity index (χ2v) is 4.65. The standard InChI is InChI=1S/C15H19NO6/c1-3-7-12(17)22-14(20)16-15(10-21-2,13(18)19)11-8-5-4-6-9-11/h4-6,8-9H,3,7,10H2,1-2H3,(H,16,20)(H,18,19). The number of carboxylic acids is 1. The molecule has 0 heterocycles. The van der Waals surface area contributed by atoms with Gasteiger partial charge in [0.05, 0.1) is 6.61 Å². The topological polar surface area (TPSA) is 102 Å². The van der Waals surface area contributed by atoms with Crippen LogP contribution in [-0.4, -0.2) is 36.9 Å². The van der Waals surface area contributed by atoms with Crippen molar-refractivity contribution in [3.63, 3.8) is 0 Å². The first-order chi connectivity index (χ1) is 10.5. The van der Waals surface area contributed by atoms with Crippen molar-refractivity contribution < 1.29 is 29.0 Å². The normalized spacial score (nSPS) is 13.0. The van der Waals surface area contributed by atoms with E-state index in [0.29, 0.717) is 12.0 Å². The van der Waals surface area contributed by atoms with Crippen LogP contribution in [0, 0.1) is 0 Å². The van der Waals surface area contributed by atoms with E-state index in [1.807, 2.05) is 0 Å². The van der Waals surface area contributed by atoms with Gasteiger partial charge in [0.2, 0.25) is 0 Å². The Labute approximate surface area is 128 Å². The summed E-state index contributed by atoms with van der Waals surface area (Å²) < 4.78 is 9.50. The molecule has 0 fully saturated rings. The summed E-state index contributed by atoms with van der Waals surface area (Å²) >= 11 is 0. The molecular formula is C15H19NO6. The smallest absolute Gasteiger partial charge is 0.416 e. The van der Waals surface area contributed by atoms with Gasteiger partial charge in [-0.1, -0.05) is 37.3 Å². The van der Waals surface area contributed by atoms with Crippen LogP contribution in [0.3, 0.4) is 0 Å². The summed E-state index contributed by atoms with van der Waals surface area (Å²) in [6, 6.07) is 8.07. The fraction of sp³-hybridized carbons (Fsp3) is 0.400. The van der Waals surface area contributed by atoms with Crippen LogP contribution in [0.25, 0.3) is 0 Å². The van der Waals surface area contributed by atoms with E-state index in [1.165, 1.54) is 7.11 Å². The van der Waals surface area contributed by atoms with E-state index in [0.717, 1.165) is 0 Å². The molecule has 0 aliphatic heterocycles. The van der Waals surface area contributed by atoms with Crippen LogP contribution in [0.1, 0.15) is 25.3 Å². The zero-order valence-electron chi connectivity index (χ0n) is 12.5. The highest BCUT2D eigenvalue weighted by molar-refractivity contribution is 5.90. The number of esters is 1. The molecule has 0 aliphatic rings. The maximum atomic E-state index is 11.8. The Morgan fingerprint density at radius 2 is 1.86 bits per heavy atom. The molecule has 7 nitrogen and oxygen atoms in total. The third-order valence-electron chi connectivity index (χ3n) is 2.97. The van der Waals surface area contributed by atoms with Gasteiger partial charge in [0.25, 0.3) is 0 Å². The van der Waals surface area contributed by atoms with Crippen LogP contribution in [0.5, 0.6) is 0 Å². The van der Waals surface area contributed by atoms with Gasteiger partial charge in [-0.15, -0.1) is 0 Å². The van der Waals surface area contributed by atoms with Crippen molar-refractivity contribution in [3.8, 4) is 0 Å². The summed E-state index contributed by atoms with van der Waals surface area (Å²) in [6.45, 7) is 1.44. The average molecular weight is 309 g/mol. The van der Waals surface area contributed by atoms with Gasteiger partial charge in [-0.2, -0.15) is 0 Å². The minimum atomic E-state index is -1.83. The molecule has 0 aromatic heterocycles. The van der Waals surface area contributed by atoms with E-state index in [1.54, 1.807) is 37.3 Å². The van der Waals surface area contributed by atoms with Crippen molar-refractivity contribution >= 4 is 18.0 Å². The average Bonchev–Trinajstić information content (AvgIpc) is 2.47. The SMILES string of the molecule is CCCC(=O)OC(=O)NC(COC)(C(=O)O)c1ccccc1. The lowest BCUT2D eigenvalue weighted by molar-refractivity contribution is -0.149. The van der Waals surface area contributed by atoms with Crippen LogP contribution in [-0.2, 0) is 24.6 Å². The van der Waals surface area contributed by atoms with E-state index < -0.39 is 23.6 Å². The van der Waals surface area contributed by atoms with Crippen molar-refractivity contribution in [2.75, 3.05) is 13.7 Å². The molecule has 0 radical (unpaired) electrons. The third-order valence-corrected chi connectivity index (χ3v) is 2.97. The number of amides is 1. The van der Waals surface area contributed by atoms with Crippen molar-refractivity contribution in [1.29, 1.82) is 0 Å². The minimum absolute atomic E-state index is 0.0725. The maximum Gasteiger partial charge on any atom is 0.416 e. The highest BCUT2D eigenvalue weighted by Gasteiger charge is 2.43. The van der Waals surface area contributed by atoms with Gasteiger partial charge >= 0.3 is 18.0 Å². The molecular weight excluding hydrogens is 290 g/mol. The Morgan fingerprint density at radius 1 is 1.23 bits per heavy atom. The first-order valence-electron chi connectivity index (χ1n) is 6.77. The monoisotopic (exact) mass is 309 g/mol. The number of carbonyl (C=O) groups excluding carboxylic acids is 2. The highest BCUT2D eigenvalue weighted by Crippen LogP contribution is 2.22. The Balaban J connectivity index is 3.03. The maximum absolute atomic E-state index is 11.8. The number of rotatable bonds is 7. The first-order valence-corrected chi connectivity index (χ1v) is 6.77. The summed E-state index contributed by atoms with van der Waals surface area (Å²) in [6.07, 6.45) is -0.530. The second kappa shape index (κ2) is 8.14. The van der Waals surface area contributed by atoms with Crippen molar-refractivity contribution in [2.24, 2.45) is 0 Å². The van der Waals surface area contributed by atoms with Crippen molar-refractivity contribution in [3.05, 3.63) is 35.9 Å². The summed E-state index contributed by atoms with van der Waals surface area (Å²) in [7, 11) is 1.32. The van der Waals surface area contributed by atoms with Crippen LogP contribution in [0.15, 0.2) is 30.3 Å². The fourth-order valence-electron chi connectivity index (χ4n) is 1.93. The molecule has 120 valence electrons. The second-order valence-electron chi connectivity index (χ2n) is 4.65. The van der Waals surface area contributed by atoms with Crippen LogP contribution in [0.4, 0.5) is 4.79 Å². The molecule has 0 bridgehead atoms. The molecule has 1 aromatic carbocycles. The van der Waals surface area contributed by atoms with Crippen LogP contribution in [0.2, 0.25) is 0 Å². The van der Waals surface area contributed by atoms with E-state index in [4.69, 9.17) is 4.74 Å². The van der Waals surface area contributed by atoms with Crippen LogP contribution >= 0.6 is 0 Å². The summed E-state index contributed by atoms with van der Waals surface area (Å²) in [5.41, 5.74) is -1.52. The fourth-order valence-corrected chi connectivity index (χ4v) is 1.93. The zero-order chi connectivity index (χ0) is 16.6. The molecule has 1 unspecified atom stereocenters. The van der Waals surface area contributed by atoms with Gasteiger partial charge in [-0.05, 0) is 12.0 Å². The van der Waals surface area contributed by atoms with Gasteiger partial charge in [0.1, 0.15) is 0 Å². The molecule has 7 heteroatoms. The molecule has 0 saturated heterocycles.